The summed E-state index contributed by atoms with van der Waals surface area (Å²) in [5, 5.41) is 11.3. The molecular formula is C38H41N9O5. The van der Waals surface area contributed by atoms with Crippen LogP contribution in [-0.2, 0) is 20.8 Å². The summed E-state index contributed by atoms with van der Waals surface area (Å²) in [5.74, 6) is -2.30. The molecule has 2 N–H and O–H groups in total. The van der Waals surface area contributed by atoms with E-state index in [1.807, 2.05) is 24.4 Å². The van der Waals surface area contributed by atoms with Gasteiger partial charge in [-0.2, -0.15) is 5.10 Å². The highest BCUT2D eigenvalue weighted by Crippen LogP contribution is 2.36. The molecule has 268 valence electrons. The van der Waals surface area contributed by atoms with Gasteiger partial charge in [-0.15, -0.1) is 0 Å². The third kappa shape index (κ3) is 6.48. The monoisotopic (exact) mass is 703 g/mol. The van der Waals surface area contributed by atoms with Crippen LogP contribution in [0.2, 0.25) is 0 Å². The Labute approximate surface area is 300 Å². The average Bonchev–Trinajstić information content (AvgIpc) is 3.69. The van der Waals surface area contributed by atoms with E-state index in [4.69, 9.17) is 5.10 Å². The number of benzene rings is 2. The van der Waals surface area contributed by atoms with E-state index in [1.54, 1.807) is 24.5 Å². The molecule has 5 heterocycles. The van der Waals surface area contributed by atoms with Crippen LogP contribution in [0.15, 0.2) is 61.1 Å². The SMILES string of the molecule is O=C(CCc1cccc2c1C(=O)N(C1CCC(=O)NC1=O)C2=O)NCN1CCN(C2CCC(n3nc(-c4ccccc4)c4cncnc43)CC2)CC1. The minimum absolute atomic E-state index is 0.0600. The van der Waals surface area contributed by atoms with Gasteiger partial charge in [-0.05, 0) is 50.2 Å². The molecule has 0 spiro atoms. The lowest BCUT2D eigenvalue weighted by molar-refractivity contribution is -0.136. The lowest BCUT2D eigenvalue weighted by Gasteiger charge is -2.42. The van der Waals surface area contributed by atoms with Crippen molar-refractivity contribution in [3.8, 4) is 11.3 Å². The van der Waals surface area contributed by atoms with Crippen molar-refractivity contribution in [1.29, 1.82) is 0 Å². The average molecular weight is 704 g/mol. The van der Waals surface area contributed by atoms with Crippen LogP contribution in [0.25, 0.3) is 22.3 Å². The van der Waals surface area contributed by atoms with E-state index in [-0.39, 0.29) is 42.7 Å². The zero-order valence-electron chi connectivity index (χ0n) is 28.9. The number of nitrogens with one attached hydrogen (secondary N) is 2. The van der Waals surface area contributed by atoms with Gasteiger partial charge in [-0.1, -0.05) is 42.5 Å². The van der Waals surface area contributed by atoms with E-state index in [1.165, 1.54) is 0 Å². The van der Waals surface area contributed by atoms with Gasteiger partial charge in [0.05, 0.1) is 29.2 Å². The highest BCUT2D eigenvalue weighted by molar-refractivity contribution is 6.24. The Morgan fingerprint density at radius 3 is 2.40 bits per heavy atom. The van der Waals surface area contributed by atoms with Crippen LogP contribution < -0.4 is 10.6 Å². The topological polar surface area (TPSA) is 163 Å². The molecule has 52 heavy (non-hydrogen) atoms. The second-order valence-corrected chi connectivity index (χ2v) is 14.1. The molecule has 8 rings (SSSR count). The van der Waals surface area contributed by atoms with Crippen molar-refractivity contribution in [2.45, 2.75) is 69.5 Å². The highest BCUT2D eigenvalue weighted by Gasteiger charge is 2.45. The van der Waals surface area contributed by atoms with Crippen molar-refractivity contribution in [2.24, 2.45) is 0 Å². The number of aryl methyl sites for hydroxylation is 1. The fraction of sp³-hybridized carbons (Fsp3) is 0.421. The third-order valence-corrected chi connectivity index (χ3v) is 11.0. The van der Waals surface area contributed by atoms with Crippen molar-refractivity contribution in [3.05, 3.63) is 77.7 Å². The van der Waals surface area contributed by atoms with Gasteiger partial charge < -0.3 is 5.32 Å². The van der Waals surface area contributed by atoms with Crippen LogP contribution in [0.3, 0.4) is 0 Å². The van der Waals surface area contributed by atoms with Crippen LogP contribution >= 0.6 is 0 Å². The van der Waals surface area contributed by atoms with Crippen molar-refractivity contribution in [1.82, 2.24) is 45.1 Å². The number of nitrogens with zero attached hydrogens (tertiary/aromatic N) is 7. The molecule has 14 nitrogen and oxygen atoms in total. The maximum absolute atomic E-state index is 13.4. The summed E-state index contributed by atoms with van der Waals surface area (Å²) in [4.78, 5) is 78.1. The lowest BCUT2D eigenvalue weighted by atomic mass is 9.90. The normalized spacial score (nSPS) is 22.8. The minimum atomic E-state index is -1.02. The van der Waals surface area contributed by atoms with Crippen molar-refractivity contribution in [3.63, 3.8) is 0 Å². The molecule has 2 aromatic carbocycles. The number of piperazine rings is 1. The number of piperidine rings is 1. The van der Waals surface area contributed by atoms with E-state index in [2.05, 4.69) is 47.2 Å². The van der Waals surface area contributed by atoms with Crippen LogP contribution in [0, 0.1) is 0 Å². The lowest BCUT2D eigenvalue weighted by Crippen LogP contribution is -2.54. The van der Waals surface area contributed by atoms with Gasteiger partial charge in [0.15, 0.2) is 5.65 Å². The maximum Gasteiger partial charge on any atom is 0.262 e. The second kappa shape index (κ2) is 14.4. The van der Waals surface area contributed by atoms with Crippen molar-refractivity contribution >= 4 is 40.6 Å². The molecule has 0 bridgehead atoms. The standard InChI is InChI=1S/C38H41N9O5/c48-31(15-9-24-7-4-8-28-33(24)38(52)46(37(28)51)30-14-16-32(49)42-36(30)50)41-23-44-17-19-45(20-18-44)26-10-12-27(13-11-26)47-35-29(21-39-22-40-35)34(43-47)25-5-2-1-3-6-25/h1-8,21-22,26-27,30H,9-20,23H2,(H,41,48)(H,42,49,50). The maximum atomic E-state index is 13.4. The number of hydrogen-bond donors (Lipinski definition) is 2. The molecule has 0 radical (unpaired) electrons. The Bertz CT molecular complexity index is 2030. The second-order valence-electron chi connectivity index (χ2n) is 14.1. The molecular weight excluding hydrogens is 662 g/mol. The van der Waals surface area contributed by atoms with E-state index in [9.17, 15) is 24.0 Å². The Balaban J connectivity index is 0.799. The van der Waals surface area contributed by atoms with Gasteiger partial charge >= 0.3 is 0 Å². The Morgan fingerprint density at radius 1 is 0.865 bits per heavy atom. The number of carbonyl (C=O) groups excluding carboxylic acids is 5. The Kier molecular flexibility index (Phi) is 9.32. The molecule has 1 atom stereocenters. The molecule has 14 heteroatoms. The number of fused-ring (bicyclic) bond motifs is 2. The fourth-order valence-electron chi connectivity index (χ4n) is 8.23. The van der Waals surface area contributed by atoms with Gasteiger partial charge in [0.2, 0.25) is 17.7 Å². The first-order chi connectivity index (χ1) is 25.4. The van der Waals surface area contributed by atoms with E-state index >= 15 is 0 Å². The molecule has 1 aliphatic carbocycles. The molecule has 3 aliphatic heterocycles. The van der Waals surface area contributed by atoms with Gasteiger partial charge in [0.1, 0.15) is 18.1 Å². The van der Waals surface area contributed by atoms with Gasteiger partial charge in [-0.3, -0.25) is 44.0 Å². The van der Waals surface area contributed by atoms with E-state index < -0.39 is 29.7 Å². The fourth-order valence-corrected chi connectivity index (χ4v) is 8.23. The molecule has 3 fully saturated rings. The molecule has 2 aromatic heterocycles. The molecule has 1 unspecified atom stereocenters. The zero-order chi connectivity index (χ0) is 35.8. The quantitative estimate of drug-likeness (QED) is 0.248. The first kappa shape index (κ1) is 33.8. The summed E-state index contributed by atoms with van der Waals surface area (Å²) in [7, 11) is 0. The summed E-state index contributed by atoms with van der Waals surface area (Å²) in [6.45, 7) is 4.06. The molecule has 5 amide bonds. The first-order valence-electron chi connectivity index (χ1n) is 18.2. The highest BCUT2D eigenvalue weighted by atomic mass is 16.2. The van der Waals surface area contributed by atoms with E-state index in [0.717, 1.165) is 79.1 Å². The summed E-state index contributed by atoms with van der Waals surface area (Å²) < 4.78 is 2.12. The van der Waals surface area contributed by atoms with E-state index in [0.29, 0.717) is 24.3 Å². The summed E-state index contributed by atoms with van der Waals surface area (Å²) in [5.41, 5.74) is 3.93. The number of aromatic nitrogens is 4. The summed E-state index contributed by atoms with van der Waals surface area (Å²) in [6.07, 6.45) is 8.32. The number of carbonyl (C=O) groups is 5. The number of rotatable bonds is 9. The van der Waals surface area contributed by atoms with Crippen LogP contribution in [-0.4, -0.2) is 109 Å². The Morgan fingerprint density at radius 2 is 1.63 bits per heavy atom. The minimum Gasteiger partial charge on any atom is -0.343 e. The van der Waals surface area contributed by atoms with Crippen LogP contribution in [0.4, 0.5) is 0 Å². The van der Waals surface area contributed by atoms with Crippen LogP contribution in [0.1, 0.15) is 77.3 Å². The van der Waals surface area contributed by atoms with Crippen LogP contribution in [0.5, 0.6) is 0 Å². The molecule has 2 saturated heterocycles. The van der Waals surface area contributed by atoms with Gasteiger partial charge in [-0.25, -0.2) is 14.6 Å². The molecule has 4 aromatic rings. The first-order valence-corrected chi connectivity index (χ1v) is 18.2. The number of imide groups is 2. The van der Waals surface area contributed by atoms with Gasteiger partial charge in [0.25, 0.3) is 11.8 Å². The number of hydrogen-bond acceptors (Lipinski definition) is 10. The third-order valence-electron chi connectivity index (χ3n) is 11.0. The van der Waals surface area contributed by atoms with Crippen molar-refractivity contribution < 1.29 is 24.0 Å². The van der Waals surface area contributed by atoms with Gasteiger partial charge in [0, 0.05) is 56.8 Å². The summed E-state index contributed by atoms with van der Waals surface area (Å²) in [6, 6.07) is 15.0. The summed E-state index contributed by atoms with van der Waals surface area (Å²) >= 11 is 0. The Hall–Kier alpha value is -5.34. The number of amides is 5. The molecule has 4 aliphatic rings. The largest absolute Gasteiger partial charge is 0.343 e. The predicted molar refractivity (Wildman–Crippen MR) is 190 cm³/mol. The zero-order valence-corrected chi connectivity index (χ0v) is 28.9. The predicted octanol–water partition coefficient (Wildman–Crippen LogP) is 2.70. The molecule has 1 saturated carbocycles. The van der Waals surface area contributed by atoms with Crippen molar-refractivity contribution in [2.75, 3.05) is 32.8 Å². The smallest absolute Gasteiger partial charge is 0.262 e.